The van der Waals surface area contributed by atoms with Gasteiger partial charge in [0.1, 0.15) is 5.75 Å². The molecule has 1 aromatic carbocycles. The lowest BCUT2D eigenvalue weighted by Gasteiger charge is -2.05. The molecule has 0 heterocycles. The fourth-order valence-electron chi connectivity index (χ4n) is 1.14. The van der Waals surface area contributed by atoms with Gasteiger partial charge in [-0.15, -0.1) is 12.3 Å². The highest BCUT2D eigenvalue weighted by Crippen LogP contribution is 2.27. The lowest BCUT2D eigenvalue weighted by atomic mass is 10.2. The molecule has 0 aromatic heterocycles. The third-order valence-corrected chi connectivity index (χ3v) is 1.96. The zero-order valence-corrected chi connectivity index (χ0v) is 8.84. The summed E-state index contributed by atoms with van der Waals surface area (Å²) in [6, 6.07) is 3.43. The van der Waals surface area contributed by atoms with E-state index in [2.05, 4.69) is 11.2 Å². The normalized spacial score (nSPS) is 9.35. The Morgan fingerprint density at radius 2 is 2.29 bits per heavy atom. The van der Waals surface area contributed by atoms with Crippen molar-refractivity contribution in [3.63, 3.8) is 0 Å². The average Bonchev–Trinajstić information content (AvgIpc) is 2.28. The first-order chi connectivity index (χ1) is 8.04. The van der Waals surface area contributed by atoms with Crippen molar-refractivity contribution in [2.75, 3.05) is 5.32 Å². The van der Waals surface area contributed by atoms with Crippen LogP contribution in [0.1, 0.15) is 12.8 Å². The first-order valence-electron chi connectivity index (χ1n) is 4.75. The van der Waals surface area contributed by atoms with Gasteiger partial charge < -0.3 is 10.4 Å². The maximum absolute atomic E-state index is 11.3. The second-order valence-corrected chi connectivity index (χ2v) is 3.21. The van der Waals surface area contributed by atoms with Crippen molar-refractivity contribution in [2.24, 2.45) is 0 Å². The number of carbonyl (C=O) groups is 1. The van der Waals surface area contributed by atoms with Gasteiger partial charge in [-0.25, -0.2) is 0 Å². The second-order valence-electron chi connectivity index (χ2n) is 3.21. The summed E-state index contributed by atoms with van der Waals surface area (Å²) in [5.41, 5.74) is -0.123. The summed E-state index contributed by atoms with van der Waals surface area (Å²) < 4.78 is 0. The molecule has 0 saturated carbocycles. The van der Waals surface area contributed by atoms with Crippen LogP contribution in [0.4, 0.5) is 11.4 Å². The number of aromatic hydroxyl groups is 1. The van der Waals surface area contributed by atoms with E-state index in [1.54, 1.807) is 0 Å². The topological polar surface area (TPSA) is 92.5 Å². The van der Waals surface area contributed by atoms with E-state index in [4.69, 9.17) is 6.42 Å². The van der Waals surface area contributed by atoms with E-state index in [0.717, 1.165) is 6.07 Å². The summed E-state index contributed by atoms with van der Waals surface area (Å²) >= 11 is 0. The van der Waals surface area contributed by atoms with Crippen LogP contribution in [-0.4, -0.2) is 15.9 Å². The van der Waals surface area contributed by atoms with Crippen LogP contribution >= 0.6 is 0 Å². The van der Waals surface area contributed by atoms with Crippen molar-refractivity contribution in [3.05, 3.63) is 28.3 Å². The Morgan fingerprint density at radius 1 is 1.59 bits per heavy atom. The van der Waals surface area contributed by atoms with Gasteiger partial charge in [0.15, 0.2) is 0 Å². The van der Waals surface area contributed by atoms with Crippen LogP contribution in [-0.2, 0) is 4.79 Å². The van der Waals surface area contributed by atoms with Gasteiger partial charge in [0.2, 0.25) is 5.91 Å². The molecule has 6 heteroatoms. The molecule has 0 aliphatic carbocycles. The van der Waals surface area contributed by atoms with Gasteiger partial charge in [-0.1, -0.05) is 0 Å². The molecule has 0 spiro atoms. The second kappa shape index (κ2) is 5.51. The summed E-state index contributed by atoms with van der Waals surface area (Å²) in [5.74, 6) is 1.60. The number of nitrogens with zero attached hydrogens (tertiary/aromatic N) is 1. The highest BCUT2D eigenvalue weighted by molar-refractivity contribution is 5.92. The predicted octanol–water partition coefficient (Wildman–Crippen LogP) is 1.65. The van der Waals surface area contributed by atoms with Gasteiger partial charge in [0.05, 0.1) is 16.7 Å². The molecule has 0 fully saturated rings. The minimum Gasteiger partial charge on any atom is -0.506 e. The number of phenols is 1. The average molecular weight is 234 g/mol. The molecule has 88 valence electrons. The highest BCUT2D eigenvalue weighted by Gasteiger charge is 2.11. The number of hydrogen-bond donors (Lipinski definition) is 2. The standard InChI is InChI=1S/C11H10N2O4/c1-2-3-4-11(15)12-9-6-5-8(13(16)17)7-10(9)14/h1,5-7,14H,3-4H2,(H,12,15). The Kier molecular flexibility index (Phi) is 4.06. The quantitative estimate of drug-likeness (QED) is 0.358. The minimum atomic E-state index is -0.635. The zero-order chi connectivity index (χ0) is 12.8. The molecule has 1 rings (SSSR count). The summed E-state index contributed by atoms with van der Waals surface area (Å²) in [5, 5.41) is 22.3. The lowest BCUT2D eigenvalue weighted by Crippen LogP contribution is -2.10. The SMILES string of the molecule is C#CCCC(=O)Nc1ccc([N+](=O)[O-])cc1O. The first kappa shape index (κ1) is 12.5. The number of nitro groups is 1. The minimum absolute atomic E-state index is 0.123. The fraction of sp³-hybridized carbons (Fsp3) is 0.182. The van der Waals surface area contributed by atoms with Crippen molar-refractivity contribution >= 4 is 17.3 Å². The van der Waals surface area contributed by atoms with Crippen LogP contribution in [0.5, 0.6) is 5.75 Å². The molecule has 0 atom stereocenters. The van der Waals surface area contributed by atoms with Crippen LogP contribution in [0, 0.1) is 22.5 Å². The molecule has 6 nitrogen and oxygen atoms in total. The number of non-ortho nitro benzene ring substituents is 1. The van der Waals surface area contributed by atoms with Gasteiger partial charge in [-0.05, 0) is 6.07 Å². The molecule has 0 unspecified atom stereocenters. The number of carbonyl (C=O) groups excluding carboxylic acids is 1. The van der Waals surface area contributed by atoms with Crippen molar-refractivity contribution in [2.45, 2.75) is 12.8 Å². The molecular formula is C11H10N2O4. The van der Waals surface area contributed by atoms with Gasteiger partial charge in [0.25, 0.3) is 5.69 Å². The zero-order valence-electron chi connectivity index (χ0n) is 8.84. The molecule has 0 radical (unpaired) electrons. The number of phenolic OH excluding ortho intramolecular Hbond substituents is 1. The van der Waals surface area contributed by atoms with Crippen LogP contribution in [0.15, 0.2) is 18.2 Å². The fourth-order valence-corrected chi connectivity index (χ4v) is 1.14. The summed E-state index contributed by atoms with van der Waals surface area (Å²) in [4.78, 5) is 21.1. The van der Waals surface area contributed by atoms with Gasteiger partial charge in [-0.2, -0.15) is 0 Å². The smallest absolute Gasteiger partial charge is 0.273 e. The van der Waals surface area contributed by atoms with Crippen molar-refractivity contribution in [1.82, 2.24) is 0 Å². The number of nitrogens with one attached hydrogen (secondary N) is 1. The molecule has 2 N–H and O–H groups in total. The molecule has 1 amide bonds. The molecule has 17 heavy (non-hydrogen) atoms. The van der Waals surface area contributed by atoms with E-state index >= 15 is 0 Å². The number of hydrogen-bond acceptors (Lipinski definition) is 4. The van der Waals surface area contributed by atoms with E-state index in [-0.39, 0.29) is 29.5 Å². The third-order valence-electron chi connectivity index (χ3n) is 1.96. The highest BCUT2D eigenvalue weighted by atomic mass is 16.6. The number of anilines is 1. The van der Waals surface area contributed by atoms with Gasteiger partial charge >= 0.3 is 0 Å². The number of amides is 1. The number of rotatable bonds is 4. The summed E-state index contributed by atoms with van der Waals surface area (Å²) in [6.07, 6.45) is 5.42. The molecule has 0 aliphatic rings. The van der Waals surface area contributed by atoms with Crippen LogP contribution < -0.4 is 5.32 Å². The van der Waals surface area contributed by atoms with Crippen LogP contribution in [0.2, 0.25) is 0 Å². The van der Waals surface area contributed by atoms with E-state index in [1.165, 1.54) is 12.1 Å². The monoisotopic (exact) mass is 234 g/mol. The van der Waals surface area contributed by atoms with E-state index in [0.29, 0.717) is 6.42 Å². The maximum atomic E-state index is 11.3. The lowest BCUT2D eigenvalue weighted by molar-refractivity contribution is -0.384. The van der Waals surface area contributed by atoms with Crippen molar-refractivity contribution in [3.8, 4) is 18.1 Å². The van der Waals surface area contributed by atoms with Crippen LogP contribution in [0.3, 0.4) is 0 Å². The Bertz CT molecular complexity index is 491. The Labute approximate surface area is 97.4 Å². The Morgan fingerprint density at radius 3 is 2.82 bits per heavy atom. The Balaban J connectivity index is 2.76. The molecule has 0 aliphatic heterocycles. The number of terminal acetylenes is 1. The number of nitro benzene ring substituents is 1. The van der Waals surface area contributed by atoms with E-state index in [1.807, 2.05) is 0 Å². The first-order valence-corrected chi connectivity index (χ1v) is 4.75. The largest absolute Gasteiger partial charge is 0.506 e. The molecule has 0 saturated heterocycles. The maximum Gasteiger partial charge on any atom is 0.273 e. The Hall–Kier alpha value is -2.55. The number of benzene rings is 1. The summed E-state index contributed by atoms with van der Waals surface area (Å²) in [7, 11) is 0. The molecule has 1 aromatic rings. The van der Waals surface area contributed by atoms with Crippen molar-refractivity contribution in [1.29, 1.82) is 0 Å². The van der Waals surface area contributed by atoms with Crippen LogP contribution in [0.25, 0.3) is 0 Å². The summed E-state index contributed by atoms with van der Waals surface area (Å²) in [6.45, 7) is 0. The van der Waals surface area contributed by atoms with Gasteiger partial charge in [-0.3, -0.25) is 14.9 Å². The molecule has 0 bridgehead atoms. The van der Waals surface area contributed by atoms with Gasteiger partial charge in [0, 0.05) is 18.9 Å². The van der Waals surface area contributed by atoms with E-state index < -0.39 is 4.92 Å². The third kappa shape index (κ3) is 3.50. The predicted molar refractivity (Wildman–Crippen MR) is 61.5 cm³/mol. The van der Waals surface area contributed by atoms with Crippen molar-refractivity contribution < 1.29 is 14.8 Å². The molecular weight excluding hydrogens is 224 g/mol. The van der Waals surface area contributed by atoms with E-state index in [9.17, 15) is 20.0 Å².